The van der Waals surface area contributed by atoms with Crippen LogP contribution in [0.4, 0.5) is 0 Å². The van der Waals surface area contributed by atoms with E-state index < -0.39 is 37.3 Å². The van der Waals surface area contributed by atoms with Crippen LogP contribution in [0, 0.1) is 0 Å². The summed E-state index contributed by atoms with van der Waals surface area (Å²) < 4.78 is 5.23. The van der Waals surface area contributed by atoms with E-state index in [4.69, 9.17) is 9.84 Å². The van der Waals surface area contributed by atoms with Gasteiger partial charge in [0.25, 0.3) is 0 Å². The van der Waals surface area contributed by atoms with E-state index in [0.717, 1.165) is 19.4 Å². The highest BCUT2D eigenvalue weighted by molar-refractivity contribution is 4.93. The summed E-state index contributed by atoms with van der Waals surface area (Å²) in [5, 5.41) is 39.5. The monoisotopic (exact) mass is 443 g/mol. The second kappa shape index (κ2) is 18.0. The second-order valence-corrected chi connectivity index (χ2v) is 9.14. The average Bonchev–Trinajstić information content (AvgIpc) is 2.76. The van der Waals surface area contributed by atoms with E-state index in [0.29, 0.717) is 0 Å². The summed E-state index contributed by atoms with van der Waals surface area (Å²) in [6, 6.07) is -0.680. The summed E-state index contributed by atoms with van der Waals surface area (Å²) in [6.45, 7) is 2.55. The van der Waals surface area contributed by atoms with Crippen molar-refractivity contribution in [3.8, 4) is 0 Å². The number of rotatable bonds is 18. The van der Waals surface area contributed by atoms with Gasteiger partial charge in [0.05, 0.1) is 12.6 Å². The summed E-state index contributed by atoms with van der Waals surface area (Å²) in [7, 11) is 1.82. The fourth-order valence-electron chi connectivity index (χ4n) is 4.32. The molecule has 0 aliphatic carbocycles. The fourth-order valence-corrected chi connectivity index (χ4v) is 4.32. The molecule has 0 aromatic rings. The molecule has 0 aromatic carbocycles. The Hall–Kier alpha value is -0.500. The Kier molecular flexibility index (Phi) is 16.6. The molecule has 6 nitrogen and oxygen atoms in total. The minimum atomic E-state index is -1.21. The first kappa shape index (κ1) is 28.5. The van der Waals surface area contributed by atoms with E-state index in [1.807, 2.05) is 11.9 Å². The van der Waals surface area contributed by atoms with Gasteiger partial charge in [0.2, 0.25) is 0 Å². The summed E-state index contributed by atoms with van der Waals surface area (Å²) in [5.74, 6) is 0. The van der Waals surface area contributed by atoms with Gasteiger partial charge in [0, 0.05) is 0 Å². The van der Waals surface area contributed by atoms with Crippen LogP contribution < -0.4 is 0 Å². The molecular formula is C25H49NO5. The maximum absolute atomic E-state index is 10.3. The van der Waals surface area contributed by atoms with Gasteiger partial charge < -0.3 is 25.2 Å². The summed E-state index contributed by atoms with van der Waals surface area (Å²) in [5.41, 5.74) is 0. The first-order valence-corrected chi connectivity index (χ1v) is 12.7. The average molecular weight is 444 g/mol. The lowest BCUT2D eigenvalue weighted by atomic mass is 9.96. The van der Waals surface area contributed by atoms with Crippen LogP contribution in [0.3, 0.4) is 0 Å². The fraction of sp³-hybridized carbons (Fsp3) is 0.920. The molecular weight excluding hydrogens is 394 g/mol. The van der Waals surface area contributed by atoms with Gasteiger partial charge in [0.1, 0.15) is 18.3 Å². The van der Waals surface area contributed by atoms with Crippen LogP contribution >= 0.6 is 0 Å². The van der Waals surface area contributed by atoms with Crippen LogP contribution in [0.25, 0.3) is 0 Å². The van der Waals surface area contributed by atoms with Crippen molar-refractivity contribution in [3.05, 3.63) is 12.2 Å². The number of ether oxygens (including phenoxy) is 1. The molecule has 4 N–H and O–H groups in total. The molecule has 1 unspecified atom stereocenters. The van der Waals surface area contributed by atoms with Crippen molar-refractivity contribution in [2.45, 2.75) is 127 Å². The van der Waals surface area contributed by atoms with Crippen molar-refractivity contribution in [2.24, 2.45) is 0 Å². The van der Waals surface area contributed by atoms with E-state index in [9.17, 15) is 15.3 Å². The molecule has 1 fully saturated rings. The molecule has 31 heavy (non-hydrogen) atoms. The number of unbranched alkanes of at least 4 members (excludes halogenated alkanes) is 12. The molecule has 0 radical (unpaired) electrons. The summed E-state index contributed by atoms with van der Waals surface area (Å²) >= 11 is 0. The van der Waals surface area contributed by atoms with Crippen molar-refractivity contribution >= 4 is 0 Å². The minimum absolute atomic E-state index is 0.430. The van der Waals surface area contributed by atoms with Crippen molar-refractivity contribution in [3.63, 3.8) is 0 Å². The molecule has 0 amide bonds. The number of hydrogen-bond acceptors (Lipinski definition) is 6. The third-order valence-electron chi connectivity index (χ3n) is 6.40. The lowest BCUT2D eigenvalue weighted by Gasteiger charge is -2.44. The van der Waals surface area contributed by atoms with Crippen LogP contribution in [0.5, 0.6) is 0 Å². The lowest BCUT2D eigenvalue weighted by molar-refractivity contribution is -0.270. The van der Waals surface area contributed by atoms with Crippen LogP contribution in [0.15, 0.2) is 12.2 Å². The minimum Gasteiger partial charge on any atom is -0.394 e. The Morgan fingerprint density at radius 2 is 1.26 bits per heavy atom. The quantitative estimate of drug-likeness (QED) is 0.190. The topological polar surface area (TPSA) is 93.4 Å². The van der Waals surface area contributed by atoms with E-state index in [-0.39, 0.29) is 0 Å². The number of aliphatic hydroxyl groups is 4. The number of likely N-dealkylation sites (N-methyl/N-ethyl adjacent to an activating group) is 1. The third-order valence-corrected chi connectivity index (χ3v) is 6.40. The van der Waals surface area contributed by atoms with Gasteiger partial charge in [-0.25, -0.2) is 0 Å². The number of allylic oxidation sites excluding steroid dienone is 2. The number of hydrogen-bond donors (Lipinski definition) is 4. The Morgan fingerprint density at radius 3 is 1.81 bits per heavy atom. The zero-order chi connectivity index (χ0) is 22.9. The molecule has 0 aromatic heterocycles. The predicted molar refractivity (Wildman–Crippen MR) is 126 cm³/mol. The SMILES string of the molecule is CCCCCCCC/C=C\CCCCCCCCN(C)[C@H]1C(O)O[C@H](CO)[C@@H](O)[C@@H]1O. The molecule has 1 heterocycles. The molecule has 1 aliphatic rings. The first-order chi connectivity index (χ1) is 15.0. The normalized spacial score (nSPS) is 26.9. The van der Waals surface area contributed by atoms with Crippen molar-refractivity contribution in [1.29, 1.82) is 0 Å². The number of aliphatic hydroxyl groups excluding tert-OH is 4. The number of nitrogens with zero attached hydrogens (tertiary/aromatic N) is 1. The predicted octanol–water partition coefficient (Wildman–Crippen LogP) is 3.76. The van der Waals surface area contributed by atoms with Crippen LogP contribution in [-0.2, 0) is 4.74 Å². The molecule has 1 aliphatic heterocycles. The molecule has 0 spiro atoms. The summed E-state index contributed by atoms with van der Waals surface area (Å²) in [4.78, 5) is 1.85. The highest BCUT2D eigenvalue weighted by atomic mass is 16.6. The zero-order valence-electron chi connectivity index (χ0n) is 20.0. The molecule has 1 rings (SSSR count). The molecule has 5 atom stereocenters. The van der Waals surface area contributed by atoms with E-state index in [2.05, 4.69) is 19.1 Å². The van der Waals surface area contributed by atoms with Gasteiger partial charge in [-0.3, -0.25) is 4.90 Å². The van der Waals surface area contributed by atoms with Gasteiger partial charge in [-0.05, 0) is 45.7 Å². The van der Waals surface area contributed by atoms with Gasteiger partial charge in [-0.1, -0.05) is 76.9 Å². The third kappa shape index (κ3) is 11.8. The Morgan fingerprint density at radius 1 is 0.742 bits per heavy atom. The lowest BCUT2D eigenvalue weighted by Crippen LogP contribution is -2.63. The second-order valence-electron chi connectivity index (χ2n) is 9.14. The first-order valence-electron chi connectivity index (χ1n) is 12.7. The van der Waals surface area contributed by atoms with Gasteiger partial charge in [-0.2, -0.15) is 0 Å². The van der Waals surface area contributed by atoms with E-state index >= 15 is 0 Å². The van der Waals surface area contributed by atoms with E-state index in [1.165, 1.54) is 77.0 Å². The Bertz CT molecular complexity index is 448. The van der Waals surface area contributed by atoms with Crippen molar-refractivity contribution in [1.82, 2.24) is 4.90 Å². The van der Waals surface area contributed by atoms with Crippen LogP contribution in [0.1, 0.15) is 96.8 Å². The smallest absolute Gasteiger partial charge is 0.173 e. The molecule has 1 saturated heterocycles. The molecule has 184 valence electrons. The van der Waals surface area contributed by atoms with E-state index in [1.54, 1.807) is 0 Å². The standard InChI is InChI=1S/C25H49NO5/c1-3-4-5-6-7-8-9-10-11-12-13-14-15-16-17-18-19-26(2)22-24(29)23(28)21(20-27)31-25(22)30/h10-11,21-25,27-30H,3-9,12-20H2,1-2H3/b11-10-/t21-,22-,23-,24-,25?/m1/s1. The van der Waals surface area contributed by atoms with Gasteiger partial charge in [-0.15, -0.1) is 0 Å². The van der Waals surface area contributed by atoms with Gasteiger partial charge in [0.15, 0.2) is 6.29 Å². The maximum atomic E-state index is 10.3. The molecule has 0 saturated carbocycles. The van der Waals surface area contributed by atoms with Gasteiger partial charge >= 0.3 is 0 Å². The zero-order valence-corrected chi connectivity index (χ0v) is 20.0. The highest BCUT2D eigenvalue weighted by Gasteiger charge is 2.45. The van der Waals surface area contributed by atoms with Crippen LogP contribution in [0.2, 0.25) is 0 Å². The summed E-state index contributed by atoms with van der Waals surface area (Å²) in [6.07, 6.45) is 17.8. The maximum Gasteiger partial charge on any atom is 0.173 e. The highest BCUT2D eigenvalue weighted by Crippen LogP contribution is 2.23. The largest absolute Gasteiger partial charge is 0.394 e. The molecule has 6 heteroatoms. The van der Waals surface area contributed by atoms with Crippen molar-refractivity contribution in [2.75, 3.05) is 20.2 Å². The van der Waals surface area contributed by atoms with Crippen molar-refractivity contribution < 1.29 is 25.2 Å². The Balaban J connectivity index is 1.98. The molecule has 0 bridgehead atoms. The van der Waals surface area contributed by atoms with Crippen LogP contribution in [-0.4, -0.2) is 76.2 Å². The Labute approximate surface area is 190 Å².